The van der Waals surface area contributed by atoms with E-state index in [1.54, 1.807) is 0 Å². The number of aldehydes is 1. The van der Waals surface area contributed by atoms with Crippen LogP contribution in [0.25, 0.3) is 0 Å². The van der Waals surface area contributed by atoms with E-state index in [1.807, 2.05) is 19.9 Å². The molecule has 1 nitrogen and oxygen atoms in total. The fourth-order valence-corrected chi connectivity index (χ4v) is 1.24. The van der Waals surface area contributed by atoms with Gasteiger partial charge in [-0.05, 0) is 31.3 Å². The summed E-state index contributed by atoms with van der Waals surface area (Å²) < 4.78 is 0. The Balaban J connectivity index is 4.00. The first-order chi connectivity index (χ1) is 6.61. The van der Waals surface area contributed by atoms with Gasteiger partial charge in [-0.25, -0.2) is 0 Å². The summed E-state index contributed by atoms with van der Waals surface area (Å²) in [5.41, 5.74) is 1.11. The molecular weight excluding hydrogens is 172 g/mol. The first-order valence-corrected chi connectivity index (χ1v) is 5.39. The lowest BCUT2D eigenvalue weighted by molar-refractivity contribution is -0.109. The Bertz CT molecular complexity index is 211. The third-order valence-electron chi connectivity index (χ3n) is 2.28. The minimum absolute atomic E-state index is 0.0234. The average Bonchev–Trinajstić information content (AvgIpc) is 2.16. The predicted molar refractivity (Wildman–Crippen MR) is 62.2 cm³/mol. The van der Waals surface area contributed by atoms with Gasteiger partial charge >= 0.3 is 0 Å². The first-order valence-electron chi connectivity index (χ1n) is 5.39. The summed E-state index contributed by atoms with van der Waals surface area (Å²) in [7, 11) is 0. The highest BCUT2D eigenvalue weighted by molar-refractivity contribution is 5.59. The summed E-state index contributed by atoms with van der Waals surface area (Å²) in [5, 5.41) is 0. The van der Waals surface area contributed by atoms with Crippen LogP contribution in [0, 0.1) is 11.8 Å². The zero-order chi connectivity index (χ0) is 11.0. The van der Waals surface area contributed by atoms with Gasteiger partial charge in [0.25, 0.3) is 0 Å². The highest BCUT2D eigenvalue weighted by Crippen LogP contribution is 2.11. The summed E-state index contributed by atoms with van der Waals surface area (Å²) >= 11 is 0. The molecular formula is C13H22O. The second kappa shape index (κ2) is 7.54. The minimum atomic E-state index is 0.0234. The monoisotopic (exact) mass is 194 g/mol. The minimum Gasteiger partial charge on any atom is -0.303 e. The second-order valence-electron chi connectivity index (χ2n) is 4.09. The molecule has 0 saturated carbocycles. The lowest BCUT2D eigenvalue weighted by Crippen LogP contribution is -1.97. The zero-order valence-corrected chi connectivity index (χ0v) is 9.79. The van der Waals surface area contributed by atoms with Gasteiger partial charge in [0.2, 0.25) is 0 Å². The fraction of sp³-hybridized carbons (Fsp3) is 0.615. The van der Waals surface area contributed by atoms with Crippen molar-refractivity contribution in [2.75, 3.05) is 0 Å². The number of carbonyl (C=O) groups excluding carboxylic acids is 1. The van der Waals surface area contributed by atoms with E-state index >= 15 is 0 Å². The smallest absolute Gasteiger partial charge is 0.127 e. The Morgan fingerprint density at radius 2 is 1.93 bits per heavy atom. The quantitative estimate of drug-likeness (QED) is 0.465. The van der Waals surface area contributed by atoms with Crippen LogP contribution < -0.4 is 0 Å². The van der Waals surface area contributed by atoms with Gasteiger partial charge in [-0.3, -0.25) is 0 Å². The van der Waals surface area contributed by atoms with E-state index in [-0.39, 0.29) is 5.92 Å². The molecule has 0 radical (unpaired) electrons. The lowest BCUT2D eigenvalue weighted by atomic mass is 10.0. The molecule has 0 fully saturated rings. The summed E-state index contributed by atoms with van der Waals surface area (Å²) in [5.74, 6) is 0.771. The number of rotatable bonds is 6. The van der Waals surface area contributed by atoms with Gasteiger partial charge in [-0.15, -0.1) is 0 Å². The van der Waals surface area contributed by atoms with Crippen molar-refractivity contribution >= 4 is 6.29 Å². The molecule has 1 unspecified atom stereocenters. The van der Waals surface area contributed by atoms with Crippen molar-refractivity contribution in [2.24, 2.45) is 11.8 Å². The van der Waals surface area contributed by atoms with Crippen molar-refractivity contribution in [2.45, 2.75) is 40.5 Å². The van der Waals surface area contributed by atoms with Gasteiger partial charge in [-0.1, -0.05) is 39.0 Å². The van der Waals surface area contributed by atoms with Crippen LogP contribution >= 0.6 is 0 Å². The van der Waals surface area contributed by atoms with E-state index in [0.29, 0.717) is 0 Å². The summed E-state index contributed by atoms with van der Waals surface area (Å²) in [4.78, 5) is 10.6. The number of hydrogen-bond donors (Lipinski definition) is 0. The summed E-state index contributed by atoms with van der Waals surface area (Å²) in [6.45, 7) is 8.34. The fourth-order valence-electron chi connectivity index (χ4n) is 1.24. The van der Waals surface area contributed by atoms with Crippen LogP contribution in [-0.4, -0.2) is 6.29 Å². The molecule has 0 aliphatic rings. The van der Waals surface area contributed by atoms with E-state index in [9.17, 15) is 4.79 Å². The molecule has 0 aliphatic heterocycles. The van der Waals surface area contributed by atoms with Crippen LogP contribution in [0.1, 0.15) is 40.5 Å². The topological polar surface area (TPSA) is 17.1 Å². The maximum absolute atomic E-state index is 10.6. The molecule has 0 saturated heterocycles. The van der Waals surface area contributed by atoms with Crippen LogP contribution in [0.15, 0.2) is 23.8 Å². The third-order valence-corrected chi connectivity index (χ3v) is 2.28. The van der Waals surface area contributed by atoms with Crippen LogP contribution in [0.4, 0.5) is 0 Å². The molecule has 1 heteroatoms. The third kappa shape index (κ3) is 5.74. The van der Waals surface area contributed by atoms with Crippen molar-refractivity contribution in [1.29, 1.82) is 0 Å². The van der Waals surface area contributed by atoms with Gasteiger partial charge in [0.05, 0.1) is 0 Å². The van der Waals surface area contributed by atoms with E-state index in [1.165, 1.54) is 6.42 Å². The van der Waals surface area contributed by atoms with Crippen LogP contribution in [0.2, 0.25) is 0 Å². The zero-order valence-electron chi connectivity index (χ0n) is 9.79. The molecule has 0 aromatic rings. The van der Waals surface area contributed by atoms with Gasteiger partial charge < -0.3 is 4.79 Å². The van der Waals surface area contributed by atoms with Gasteiger partial charge in [0.15, 0.2) is 0 Å². The molecule has 0 N–H and O–H groups in total. The maximum atomic E-state index is 10.6. The highest BCUT2D eigenvalue weighted by Gasteiger charge is 2.01. The molecule has 0 heterocycles. The average molecular weight is 194 g/mol. The van der Waals surface area contributed by atoms with Gasteiger partial charge in [0, 0.05) is 5.92 Å². The largest absolute Gasteiger partial charge is 0.303 e. The van der Waals surface area contributed by atoms with Crippen molar-refractivity contribution in [3.63, 3.8) is 0 Å². The number of allylic oxidation sites excluding steroid dienone is 4. The second-order valence-corrected chi connectivity index (χ2v) is 4.09. The Morgan fingerprint density at radius 3 is 2.36 bits per heavy atom. The van der Waals surface area contributed by atoms with Crippen LogP contribution in [0.3, 0.4) is 0 Å². The molecule has 0 spiro atoms. The Morgan fingerprint density at radius 1 is 1.29 bits per heavy atom. The summed E-state index contributed by atoms with van der Waals surface area (Å²) in [6, 6.07) is 0. The standard InChI is InChI=1S/C13H22O/c1-5-13(12(4)10-14)9-7-6-8-11(2)3/h5,7,9-12H,6,8H2,1-4H3/b9-7-,13-5+. The Labute approximate surface area is 87.9 Å². The van der Waals surface area contributed by atoms with Crippen LogP contribution in [0.5, 0.6) is 0 Å². The first kappa shape index (κ1) is 13.2. The van der Waals surface area contributed by atoms with Crippen LogP contribution in [-0.2, 0) is 4.79 Å². The van der Waals surface area contributed by atoms with Gasteiger partial charge in [-0.2, -0.15) is 0 Å². The number of hydrogen-bond acceptors (Lipinski definition) is 1. The van der Waals surface area contributed by atoms with Crippen molar-refractivity contribution in [3.05, 3.63) is 23.8 Å². The SMILES string of the molecule is C/C=C(\C=C/CCC(C)C)C(C)C=O. The molecule has 0 bridgehead atoms. The molecule has 0 aromatic heterocycles. The highest BCUT2D eigenvalue weighted by atomic mass is 16.1. The lowest BCUT2D eigenvalue weighted by Gasteiger charge is -2.04. The van der Waals surface area contributed by atoms with E-state index in [4.69, 9.17) is 0 Å². The van der Waals surface area contributed by atoms with Gasteiger partial charge in [0.1, 0.15) is 6.29 Å². The van der Waals surface area contributed by atoms with E-state index in [2.05, 4.69) is 26.0 Å². The normalized spacial score (nSPS) is 15.1. The molecule has 0 amide bonds. The van der Waals surface area contributed by atoms with Crippen molar-refractivity contribution in [3.8, 4) is 0 Å². The Hall–Kier alpha value is -0.850. The number of carbonyl (C=O) groups is 1. The molecule has 0 aliphatic carbocycles. The van der Waals surface area contributed by atoms with E-state index in [0.717, 1.165) is 24.2 Å². The van der Waals surface area contributed by atoms with Crippen molar-refractivity contribution < 1.29 is 4.79 Å². The molecule has 0 rings (SSSR count). The summed E-state index contributed by atoms with van der Waals surface area (Å²) in [6.07, 6.45) is 9.54. The molecule has 14 heavy (non-hydrogen) atoms. The van der Waals surface area contributed by atoms with Crippen molar-refractivity contribution in [1.82, 2.24) is 0 Å². The van der Waals surface area contributed by atoms with E-state index < -0.39 is 0 Å². The molecule has 80 valence electrons. The predicted octanol–water partition coefficient (Wildman–Crippen LogP) is 3.76. The molecule has 1 atom stereocenters. The molecule has 0 aromatic carbocycles. The Kier molecular flexibility index (Phi) is 7.09. The maximum Gasteiger partial charge on any atom is 0.127 e.